The molecule has 1 aromatic carbocycles. The minimum atomic E-state index is -0.00625. The van der Waals surface area contributed by atoms with E-state index in [1.165, 1.54) is 19.4 Å². The second-order valence-electron chi connectivity index (χ2n) is 6.69. The first kappa shape index (κ1) is 14.7. The number of nitrogens with zero attached hydrogens (tertiary/aromatic N) is 2. The summed E-state index contributed by atoms with van der Waals surface area (Å²) >= 11 is 0. The Hall–Kier alpha value is -1.19. The van der Waals surface area contributed by atoms with Crippen LogP contribution in [0.25, 0.3) is 0 Å². The maximum Gasteiger partial charge on any atom is 0.179 e. The van der Waals surface area contributed by atoms with Gasteiger partial charge in [0.15, 0.2) is 5.78 Å². The van der Waals surface area contributed by atoms with Crippen molar-refractivity contribution < 1.29 is 4.79 Å². The van der Waals surface area contributed by atoms with Gasteiger partial charge in [0.25, 0.3) is 0 Å². The number of ketones is 1. The average Bonchev–Trinajstić information content (AvgIpc) is 2.95. The molecule has 2 heterocycles. The van der Waals surface area contributed by atoms with E-state index in [1.54, 1.807) is 0 Å². The zero-order valence-electron chi connectivity index (χ0n) is 13.4. The molecule has 0 bridgehead atoms. The number of hydrogen-bond donors (Lipinski definition) is 0. The Morgan fingerprint density at radius 2 is 2.05 bits per heavy atom. The lowest BCUT2D eigenvalue weighted by Gasteiger charge is -2.40. The van der Waals surface area contributed by atoms with Crippen molar-refractivity contribution in [3.63, 3.8) is 0 Å². The summed E-state index contributed by atoms with van der Waals surface area (Å²) in [4.78, 5) is 17.8. The van der Waals surface area contributed by atoms with Crippen LogP contribution in [0.3, 0.4) is 0 Å². The number of piperazine rings is 1. The number of hydrogen-bond acceptors (Lipinski definition) is 3. The highest BCUT2D eigenvalue weighted by Crippen LogP contribution is 2.24. The van der Waals surface area contributed by atoms with E-state index >= 15 is 0 Å². The van der Waals surface area contributed by atoms with Crippen LogP contribution in [-0.2, 0) is 0 Å². The van der Waals surface area contributed by atoms with E-state index < -0.39 is 0 Å². The maximum absolute atomic E-state index is 12.9. The Morgan fingerprint density at radius 1 is 1.24 bits per heavy atom. The molecule has 2 atom stereocenters. The second kappa shape index (κ2) is 5.90. The molecule has 2 fully saturated rings. The molecule has 114 valence electrons. The van der Waals surface area contributed by atoms with E-state index in [2.05, 4.69) is 35.8 Å². The van der Waals surface area contributed by atoms with Crippen molar-refractivity contribution in [3.05, 3.63) is 34.9 Å². The van der Waals surface area contributed by atoms with E-state index in [1.807, 2.05) is 13.0 Å². The molecule has 2 saturated heterocycles. The standard InChI is InChI=1S/C18H26N2O/c1-13-6-7-14(2)17(11-13)18(21)15(3)20-10-9-19-8-4-5-16(19)12-20/h6-7,11,15-16H,4-5,8-10,12H2,1-3H3. The first-order valence-electron chi connectivity index (χ1n) is 8.16. The summed E-state index contributed by atoms with van der Waals surface area (Å²) in [5.74, 6) is 0.280. The Morgan fingerprint density at radius 3 is 2.86 bits per heavy atom. The molecule has 0 saturated carbocycles. The van der Waals surface area contributed by atoms with Crippen molar-refractivity contribution in [3.8, 4) is 0 Å². The van der Waals surface area contributed by atoms with Gasteiger partial charge < -0.3 is 0 Å². The van der Waals surface area contributed by atoms with E-state index in [0.717, 1.165) is 36.3 Å². The maximum atomic E-state index is 12.9. The molecule has 3 heteroatoms. The molecule has 2 aliphatic rings. The monoisotopic (exact) mass is 286 g/mol. The highest BCUT2D eigenvalue weighted by Gasteiger charge is 2.34. The molecule has 2 unspecified atom stereocenters. The van der Waals surface area contributed by atoms with Crippen LogP contribution < -0.4 is 0 Å². The molecule has 3 nitrogen and oxygen atoms in total. The third kappa shape index (κ3) is 2.90. The number of aryl methyl sites for hydroxylation is 2. The number of carbonyl (C=O) groups is 1. The first-order valence-corrected chi connectivity index (χ1v) is 8.16. The Labute approximate surface area is 127 Å². The fourth-order valence-electron chi connectivity index (χ4n) is 3.76. The van der Waals surface area contributed by atoms with Gasteiger partial charge in [-0.2, -0.15) is 0 Å². The van der Waals surface area contributed by atoms with Gasteiger partial charge in [0.1, 0.15) is 0 Å². The molecular weight excluding hydrogens is 260 g/mol. The largest absolute Gasteiger partial charge is 0.298 e. The van der Waals surface area contributed by atoms with Crippen LogP contribution in [-0.4, -0.2) is 53.8 Å². The van der Waals surface area contributed by atoms with Gasteiger partial charge in [0.05, 0.1) is 6.04 Å². The van der Waals surface area contributed by atoms with Gasteiger partial charge in [-0.05, 0) is 51.8 Å². The van der Waals surface area contributed by atoms with Crippen LogP contribution >= 0.6 is 0 Å². The fourth-order valence-corrected chi connectivity index (χ4v) is 3.76. The van der Waals surface area contributed by atoms with Crippen LogP contribution in [0.4, 0.5) is 0 Å². The highest BCUT2D eigenvalue weighted by atomic mass is 16.1. The lowest BCUT2D eigenvalue weighted by atomic mass is 9.96. The Bertz CT molecular complexity index is 540. The van der Waals surface area contributed by atoms with Crippen LogP contribution in [0.2, 0.25) is 0 Å². The van der Waals surface area contributed by atoms with Gasteiger partial charge in [-0.15, -0.1) is 0 Å². The molecule has 0 radical (unpaired) electrons. The topological polar surface area (TPSA) is 23.6 Å². The quantitative estimate of drug-likeness (QED) is 0.798. The molecule has 0 aromatic heterocycles. The van der Waals surface area contributed by atoms with Gasteiger partial charge in [-0.3, -0.25) is 14.6 Å². The molecule has 3 rings (SSSR count). The van der Waals surface area contributed by atoms with E-state index in [0.29, 0.717) is 6.04 Å². The molecule has 0 N–H and O–H groups in total. The summed E-state index contributed by atoms with van der Waals surface area (Å²) < 4.78 is 0. The SMILES string of the molecule is Cc1ccc(C)c(C(=O)C(C)N2CCN3CCCC3C2)c1. The smallest absolute Gasteiger partial charge is 0.179 e. The first-order chi connectivity index (χ1) is 10.1. The van der Waals surface area contributed by atoms with E-state index in [-0.39, 0.29) is 11.8 Å². The normalized spacial score (nSPS) is 24.8. The number of fused-ring (bicyclic) bond motifs is 1. The summed E-state index contributed by atoms with van der Waals surface area (Å²) in [7, 11) is 0. The van der Waals surface area contributed by atoms with Crippen molar-refractivity contribution in [2.45, 2.75) is 45.7 Å². The molecule has 2 aliphatic heterocycles. The Kier molecular flexibility index (Phi) is 4.14. The van der Waals surface area contributed by atoms with Crippen LogP contribution in [0.1, 0.15) is 41.3 Å². The third-order valence-corrected chi connectivity index (χ3v) is 5.20. The molecule has 0 spiro atoms. The second-order valence-corrected chi connectivity index (χ2v) is 6.69. The van der Waals surface area contributed by atoms with Crippen LogP contribution in [0, 0.1) is 13.8 Å². The minimum absolute atomic E-state index is 0.00625. The van der Waals surface area contributed by atoms with Gasteiger partial charge in [0, 0.05) is 31.2 Å². The predicted octanol–water partition coefficient (Wildman–Crippen LogP) is 2.65. The summed E-state index contributed by atoms with van der Waals surface area (Å²) in [5.41, 5.74) is 3.16. The lowest BCUT2D eigenvalue weighted by molar-refractivity contribution is 0.0601. The van der Waals surface area contributed by atoms with Gasteiger partial charge >= 0.3 is 0 Å². The zero-order valence-corrected chi connectivity index (χ0v) is 13.4. The van der Waals surface area contributed by atoms with Crippen molar-refractivity contribution in [2.24, 2.45) is 0 Å². The van der Waals surface area contributed by atoms with E-state index in [4.69, 9.17) is 0 Å². The molecule has 0 amide bonds. The number of Topliss-reactive ketones (excluding diaryl/α,β-unsaturated/α-hetero) is 1. The summed E-state index contributed by atoms with van der Waals surface area (Å²) in [6.45, 7) is 10.6. The van der Waals surface area contributed by atoms with Crippen molar-refractivity contribution in [1.82, 2.24) is 9.80 Å². The molecule has 21 heavy (non-hydrogen) atoms. The minimum Gasteiger partial charge on any atom is -0.298 e. The van der Waals surface area contributed by atoms with Gasteiger partial charge in [0.2, 0.25) is 0 Å². The van der Waals surface area contributed by atoms with Crippen LogP contribution in [0.15, 0.2) is 18.2 Å². The summed E-state index contributed by atoms with van der Waals surface area (Å²) in [6.07, 6.45) is 2.61. The van der Waals surface area contributed by atoms with Crippen molar-refractivity contribution in [1.29, 1.82) is 0 Å². The molecular formula is C18H26N2O. The number of rotatable bonds is 3. The fraction of sp³-hybridized carbons (Fsp3) is 0.611. The zero-order chi connectivity index (χ0) is 15.0. The van der Waals surface area contributed by atoms with Crippen molar-refractivity contribution in [2.75, 3.05) is 26.2 Å². The third-order valence-electron chi connectivity index (χ3n) is 5.20. The molecule has 0 aliphatic carbocycles. The lowest BCUT2D eigenvalue weighted by Crippen LogP contribution is -2.54. The van der Waals surface area contributed by atoms with E-state index in [9.17, 15) is 4.79 Å². The predicted molar refractivity (Wildman–Crippen MR) is 85.9 cm³/mol. The van der Waals surface area contributed by atoms with Crippen LogP contribution in [0.5, 0.6) is 0 Å². The Balaban J connectivity index is 1.73. The van der Waals surface area contributed by atoms with Gasteiger partial charge in [-0.25, -0.2) is 0 Å². The average molecular weight is 286 g/mol. The highest BCUT2D eigenvalue weighted by molar-refractivity contribution is 6.01. The summed E-state index contributed by atoms with van der Waals surface area (Å²) in [5, 5.41) is 0. The number of carbonyl (C=O) groups excluding carboxylic acids is 1. The van der Waals surface area contributed by atoms with Crippen molar-refractivity contribution >= 4 is 5.78 Å². The molecule has 1 aromatic rings. The summed E-state index contributed by atoms with van der Waals surface area (Å²) in [6, 6.07) is 6.85. The number of benzene rings is 1. The van der Waals surface area contributed by atoms with Gasteiger partial charge in [-0.1, -0.05) is 17.7 Å².